The van der Waals surface area contributed by atoms with E-state index in [0.29, 0.717) is 11.3 Å². The molecule has 0 fully saturated rings. The predicted octanol–water partition coefficient (Wildman–Crippen LogP) is 3.60. The zero-order chi connectivity index (χ0) is 19.2. The Hall–Kier alpha value is -3.29. The first kappa shape index (κ1) is 17.5. The lowest BCUT2D eigenvalue weighted by Crippen LogP contribution is -2.26. The summed E-state index contributed by atoms with van der Waals surface area (Å²) in [4.78, 5) is 24.0. The zero-order valence-electron chi connectivity index (χ0n) is 13.5. The molecule has 3 N–H and O–H groups in total. The van der Waals surface area contributed by atoms with Crippen molar-refractivity contribution in [1.82, 2.24) is 4.57 Å². The van der Waals surface area contributed by atoms with Crippen molar-refractivity contribution in [3.63, 3.8) is 0 Å². The van der Waals surface area contributed by atoms with Crippen molar-refractivity contribution in [2.75, 3.05) is 5.73 Å². The maximum absolute atomic E-state index is 13.1. The number of carboxylic acids is 1. The molecule has 0 bridgehead atoms. The third-order valence-electron chi connectivity index (χ3n) is 4.07. The number of nitrogens with zero attached hydrogens (tertiary/aromatic N) is 1. The molecule has 5 nitrogen and oxygen atoms in total. The van der Waals surface area contributed by atoms with Gasteiger partial charge >= 0.3 is 12.1 Å². The summed E-state index contributed by atoms with van der Waals surface area (Å²) in [6.45, 7) is 1.67. The van der Waals surface area contributed by atoms with E-state index in [1.54, 1.807) is 6.92 Å². The molecule has 0 spiro atoms. The molecule has 0 aliphatic rings. The van der Waals surface area contributed by atoms with Crippen LogP contribution in [0.1, 0.15) is 21.5 Å². The third-order valence-corrected chi connectivity index (χ3v) is 4.07. The second-order valence-electron chi connectivity index (χ2n) is 5.82. The molecular formula is C18H13F3N2O3. The number of aryl methyl sites for hydroxylation is 1. The lowest BCUT2D eigenvalue weighted by atomic mass is 10.1. The molecule has 2 aromatic carbocycles. The average Bonchev–Trinajstić information content (AvgIpc) is 2.55. The van der Waals surface area contributed by atoms with Crippen molar-refractivity contribution >= 4 is 22.6 Å². The molecule has 0 aliphatic heterocycles. The van der Waals surface area contributed by atoms with E-state index in [-0.39, 0.29) is 16.6 Å². The Morgan fingerprint density at radius 2 is 1.81 bits per heavy atom. The lowest BCUT2D eigenvalue weighted by molar-refractivity contribution is -0.137. The number of hydrogen-bond acceptors (Lipinski definition) is 3. The number of nitrogen functional groups attached to an aromatic ring is 1. The van der Waals surface area contributed by atoms with Crippen LogP contribution in [-0.2, 0) is 6.18 Å². The number of benzene rings is 2. The maximum Gasteiger partial charge on any atom is 0.416 e. The fourth-order valence-corrected chi connectivity index (χ4v) is 2.69. The van der Waals surface area contributed by atoms with Gasteiger partial charge in [0.15, 0.2) is 0 Å². The molecule has 3 rings (SSSR count). The van der Waals surface area contributed by atoms with Crippen LogP contribution in [0.3, 0.4) is 0 Å². The van der Waals surface area contributed by atoms with Crippen LogP contribution in [0.4, 0.5) is 18.9 Å². The van der Waals surface area contributed by atoms with Gasteiger partial charge < -0.3 is 10.8 Å². The van der Waals surface area contributed by atoms with E-state index < -0.39 is 28.8 Å². The maximum atomic E-state index is 13.1. The first-order valence-electron chi connectivity index (χ1n) is 7.46. The molecule has 134 valence electrons. The van der Waals surface area contributed by atoms with Gasteiger partial charge in [0.05, 0.1) is 11.1 Å². The first-order chi connectivity index (χ1) is 12.1. The van der Waals surface area contributed by atoms with Gasteiger partial charge in [0.2, 0.25) is 0 Å². The number of hydrogen-bond donors (Lipinski definition) is 2. The van der Waals surface area contributed by atoms with Crippen LogP contribution in [0.25, 0.3) is 16.6 Å². The third kappa shape index (κ3) is 2.90. The highest BCUT2D eigenvalue weighted by atomic mass is 19.4. The highest BCUT2D eigenvalue weighted by Crippen LogP contribution is 2.32. The summed E-state index contributed by atoms with van der Waals surface area (Å²) in [6, 6.07) is 8.36. The molecule has 3 aromatic rings. The normalized spacial score (nSPS) is 11.7. The molecule has 26 heavy (non-hydrogen) atoms. The smallest absolute Gasteiger partial charge is 0.416 e. The predicted molar refractivity (Wildman–Crippen MR) is 90.7 cm³/mol. The van der Waals surface area contributed by atoms with E-state index in [2.05, 4.69) is 0 Å². The number of aromatic carboxylic acids is 1. The average molecular weight is 362 g/mol. The van der Waals surface area contributed by atoms with Crippen LogP contribution in [0, 0.1) is 6.92 Å². The van der Waals surface area contributed by atoms with Gasteiger partial charge in [-0.05, 0) is 54.3 Å². The van der Waals surface area contributed by atoms with Crippen molar-refractivity contribution < 1.29 is 23.1 Å². The molecule has 1 aromatic heterocycles. The summed E-state index contributed by atoms with van der Waals surface area (Å²) in [5.41, 5.74) is 4.59. The van der Waals surface area contributed by atoms with E-state index in [9.17, 15) is 27.9 Å². The Bertz CT molecular complexity index is 1100. The molecule has 0 saturated heterocycles. The Labute approximate surface area is 145 Å². The molecule has 0 amide bonds. The van der Waals surface area contributed by atoms with E-state index in [1.807, 2.05) is 0 Å². The second-order valence-corrected chi connectivity index (χ2v) is 5.82. The molecular weight excluding hydrogens is 349 g/mol. The summed E-state index contributed by atoms with van der Waals surface area (Å²) >= 11 is 0. The fraction of sp³-hybridized carbons (Fsp3) is 0.111. The van der Waals surface area contributed by atoms with Gasteiger partial charge in [0.1, 0.15) is 5.56 Å². The molecule has 0 unspecified atom stereocenters. The number of halogens is 3. The number of alkyl halides is 3. The van der Waals surface area contributed by atoms with Gasteiger partial charge in [-0.25, -0.2) is 4.79 Å². The van der Waals surface area contributed by atoms with Gasteiger partial charge in [-0.15, -0.1) is 0 Å². The van der Waals surface area contributed by atoms with Gasteiger partial charge in [0.25, 0.3) is 5.56 Å². The highest BCUT2D eigenvalue weighted by Gasteiger charge is 2.31. The number of aromatic nitrogens is 1. The topological polar surface area (TPSA) is 85.3 Å². The number of carbonyl (C=O) groups is 1. The molecule has 0 aliphatic carbocycles. The largest absolute Gasteiger partial charge is 0.477 e. The minimum absolute atomic E-state index is 0.0426. The number of pyridine rings is 1. The SMILES string of the molecule is Cc1cc(-n2c(=O)c(C(=O)O)cc3ccc(C(F)(F)F)cc32)ccc1N. The highest BCUT2D eigenvalue weighted by molar-refractivity contribution is 5.93. The van der Waals surface area contributed by atoms with Gasteiger partial charge in [-0.3, -0.25) is 9.36 Å². The van der Waals surface area contributed by atoms with Crippen LogP contribution in [0.2, 0.25) is 0 Å². The van der Waals surface area contributed by atoms with Crippen LogP contribution in [0.15, 0.2) is 47.3 Å². The molecule has 0 radical (unpaired) electrons. The quantitative estimate of drug-likeness (QED) is 0.682. The van der Waals surface area contributed by atoms with E-state index in [4.69, 9.17) is 5.73 Å². The number of anilines is 1. The summed E-state index contributed by atoms with van der Waals surface area (Å²) < 4.78 is 40.2. The van der Waals surface area contributed by atoms with E-state index in [1.165, 1.54) is 18.2 Å². The van der Waals surface area contributed by atoms with Gasteiger partial charge in [-0.1, -0.05) is 6.07 Å². The summed E-state index contributed by atoms with van der Waals surface area (Å²) in [5, 5.41) is 9.46. The Balaban J connectivity index is 2.46. The minimum Gasteiger partial charge on any atom is -0.477 e. The second kappa shape index (κ2) is 5.91. The van der Waals surface area contributed by atoms with Crippen molar-refractivity contribution in [3.8, 4) is 5.69 Å². The van der Waals surface area contributed by atoms with Crippen LogP contribution in [0.5, 0.6) is 0 Å². The van der Waals surface area contributed by atoms with Crippen molar-refractivity contribution in [3.05, 3.63) is 69.5 Å². The van der Waals surface area contributed by atoms with E-state index >= 15 is 0 Å². The molecule has 8 heteroatoms. The zero-order valence-corrected chi connectivity index (χ0v) is 13.5. The molecule has 1 heterocycles. The number of carboxylic acid groups (broad SMARTS) is 1. The van der Waals surface area contributed by atoms with Gasteiger partial charge in [0, 0.05) is 11.4 Å². The summed E-state index contributed by atoms with van der Waals surface area (Å²) in [6.07, 6.45) is -4.60. The standard InChI is InChI=1S/C18H13F3N2O3/c1-9-6-12(4-5-14(9)22)23-15-8-11(18(19,20)21)3-2-10(15)7-13(16(23)24)17(25)26/h2-8H,22H2,1H3,(H,25,26). The lowest BCUT2D eigenvalue weighted by Gasteiger charge is -2.15. The molecule has 0 atom stereocenters. The van der Waals surface area contributed by atoms with Crippen molar-refractivity contribution in [2.24, 2.45) is 0 Å². The minimum atomic E-state index is -4.60. The van der Waals surface area contributed by atoms with Gasteiger partial charge in [-0.2, -0.15) is 13.2 Å². The first-order valence-corrected chi connectivity index (χ1v) is 7.46. The monoisotopic (exact) mass is 362 g/mol. The Morgan fingerprint density at radius 1 is 1.12 bits per heavy atom. The number of fused-ring (bicyclic) bond motifs is 1. The van der Waals surface area contributed by atoms with E-state index in [0.717, 1.165) is 28.8 Å². The van der Waals surface area contributed by atoms with Crippen molar-refractivity contribution in [2.45, 2.75) is 13.1 Å². The van der Waals surface area contributed by atoms with Crippen LogP contribution < -0.4 is 11.3 Å². The number of nitrogens with two attached hydrogens (primary N) is 1. The number of rotatable bonds is 2. The summed E-state index contributed by atoms with van der Waals surface area (Å²) in [7, 11) is 0. The Morgan fingerprint density at radius 3 is 2.38 bits per heavy atom. The van der Waals surface area contributed by atoms with Crippen LogP contribution >= 0.6 is 0 Å². The van der Waals surface area contributed by atoms with Crippen molar-refractivity contribution in [1.29, 1.82) is 0 Å². The molecule has 0 saturated carbocycles. The Kier molecular flexibility index (Phi) is 3.98. The summed E-state index contributed by atoms with van der Waals surface area (Å²) in [5.74, 6) is -1.46. The van der Waals surface area contributed by atoms with Crippen LogP contribution in [-0.4, -0.2) is 15.6 Å². The fourth-order valence-electron chi connectivity index (χ4n) is 2.69.